The minimum Gasteiger partial charge on any atom is -0.284 e. The molecule has 9 rings (SSSR count). The fourth-order valence-electron chi connectivity index (χ4n) is 7.24. The van der Waals surface area contributed by atoms with Crippen LogP contribution < -0.4 is 0 Å². The van der Waals surface area contributed by atoms with Crippen molar-refractivity contribution in [3.05, 3.63) is 193 Å². The molecule has 8 aromatic rings. The second-order valence-electron chi connectivity index (χ2n) is 12.9. The second kappa shape index (κ2) is 12.9. The Morgan fingerprint density at radius 1 is 0.420 bits per heavy atom. The summed E-state index contributed by atoms with van der Waals surface area (Å²) in [7, 11) is 0. The molecule has 1 aromatic heterocycles. The van der Waals surface area contributed by atoms with Crippen molar-refractivity contribution in [2.75, 3.05) is 0 Å². The molecule has 0 aliphatic carbocycles. The van der Waals surface area contributed by atoms with Crippen molar-refractivity contribution in [2.24, 2.45) is 4.99 Å². The zero-order valence-corrected chi connectivity index (χ0v) is 27.6. The fraction of sp³-hybridized carbons (Fsp3) is 0.0417. The summed E-state index contributed by atoms with van der Waals surface area (Å²) < 4.78 is 0. The number of hydrogen-bond acceptors (Lipinski definition) is 2. The van der Waals surface area contributed by atoms with E-state index in [0.29, 0.717) is 0 Å². The van der Waals surface area contributed by atoms with E-state index in [1.54, 1.807) is 0 Å². The lowest BCUT2D eigenvalue weighted by Crippen LogP contribution is -2.02. The molecule has 0 N–H and O–H groups in total. The van der Waals surface area contributed by atoms with E-state index >= 15 is 0 Å². The maximum absolute atomic E-state index is 5.17. The van der Waals surface area contributed by atoms with E-state index in [-0.39, 0.29) is 6.04 Å². The van der Waals surface area contributed by atoms with Gasteiger partial charge in [0.15, 0.2) is 0 Å². The Bertz CT molecular complexity index is 2490. The number of aliphatic imine (C=N–C) groups is 1. The molecule has 0 spiro atoms. The minimum absolute atomic E-state index is 0.0110. The van der Waals surface area contributed by atoms with Crippen molar-refractivity contribution in [2.45, 2.75) is 12.5 Å². The SMILES string of the molecule is C1=NC(c2cc(-c3cc(-c4ccccc4)nc(-c4ccccc4)c3)cc(-c3cc4ccccc4c4ccccc34)c2)CC=C1c1ccccc1. The average molecular weight is 639 g/mol. The Labute approximate surface area is 292 Å². The highest BCUT2D eigenvalue weighted by atomic mass is 14.8. The number of dihydropyridines is 1. The number of fused-ring (bicyclic) bond motifs is 3. The van der Waals surface area contributed by atoms with Gasteiger partial charge in [-0.25, -0.2) is 4.98 Å². The molecule has 1 aliphatic heterocycles. The lowest BCUT2D eigenvalue weighted by Gasteiger charge is -2.20. The molecule has 0 bridgehead atoms. The summed E-state index contributed by atoms with van der Waals surface area (Å²) in [5.41, 5.74) is 12.4. The third-order valence-corrected chi connectivity index (χ3v) is 9.78. The van der Waals surface area contributed by atoms with E-state index in [2.05, 4.69) is 188 Å². The van der Waals surface area contributed by atoms with Crippen molar-refractivity contribution in [3.63, 3.8) is 0 Å². The molecular weight excluding hydrogens is 605 g/mol. The summed E-state index contributed by atoms with van der Waals surface area (Å²) in [6.07, 6.45) is 5.22. The van der Waals surface area contributed by atoms with Crippen molar-refractivity contribution >= 4 is 33.3 Å². The molecule has 0 saturated carbocycles. The van der Waals surface area contributed by atoms with Crippen LogP contribution in [0.1, 0.15) is 23.6 Å². The monoisotopic (exact) mass is 638 g/mol. The predicted octanol–water partition coefficient (Wildman–Crippen LogP) is 12.7. The van der Waals surface area contributed by atoms with E-state index in [9.17, 15) is 0 Å². The Kier molecular flexibility index (Phi) is 7.68. The highest BCUT2D eigenvalue weighted by Crippen LogP contribution is 2.40. The zero-order valence-electron chi connectivity index (χ0n) is 27.6. The van der Waals surface area contributed by atoms with Crippen LogP contribution in [-0.4, -0.2) is 11.2 Å². The Morgan fingerprint density at radius 3 is 1.60 bits per heavy atom. The molecule has 7 aromatic carbocycles. The molecule has 2 nitrogen and oxygen atoms in total. The molecule has 1 aliphatic rings. The molecule has 0 fully saturated rings. The van der Waals surface area contributed by atoms with Crippen LogP contribution in [0.3, 0.4) is 0 Å². The van der Waals surface area contributed by atoms with Gasteiger partial charge in [-0.05, 0) is 103 Å². The van der Waals surface area contributed by atoms with Gasteiger partial charge in [-0.15, -0.1) is 0 Å². The largest absolute Gasteiger partial charge is 0.284 e. The number of aromatic nitrogens is 1. The number of benzene rings is 7. The first kappa shape index (κ1) is 29.7. The molecule has 1 atom stereocenters. The number of rotatable bonds is 6. The number of nitrogens with zero attached hydrogens (tertiary/aromatic N) is 2. The van der Waals surface area contributed by atoms with Gasteiger partial charge in [0, 0.05) is 17.3 Å². The van der Waals surface area contributed by atoms with Crippen LogP contribution in [0.25, 0.3) is 71.9 Å². The van der Waals surface area contributed by atoms with Crippen molar-refractivity contribution in [1.82, 2.24) is 4.98 Å². The number of pyridine rings is 1. The van der Waals surface area contributed by atoms with Gasteiger partial charge >= 0.3 is 0 Å². The Balaban J connectivity index is 1.25. The van der Waals surface area contributed by atoms with Crippen molar-refractivity contribution in [1.29, 1.82) is 0 Å². The number of hydrogen-bond donors (Lipinski definition) is 0. The van der Waals surface area contributed by atoms with E-state index in [1.165, 1.54) is 49.4 Å². The zero-order chi connectivity index (χ0) is 33.3. The van der Waals surface area contributed by atoms with Gasteiger partial charge in [0.2, 0.25) is 0 Å². The second-order valence-corrected chi connectivity index (χ2v) is 12.9. The van der Waals surface area contributed by atoms with Gasteiger partial charge in [-0.3, -0.25) is 4.99 Å². The van der Waals surface area contributed by atoms with Crippen LogP contribution in [0.4, 0.5) is 0 Å². The summed E-state index contributed by atoms with van der Waals surface area (Å²) >= 11 is 0. The summed E-state index contributed by atoms with van der Waals surface area (Å²) in [6, 6.07) is 62.9. The molecule has 0 radical (unpaired) electrons. The highest BCUT2D eigenvalue weighted by Gasteiger charge is 2.19. The smallest absolute Gasteiger partial charge is 0.0784 e. The molecule has 1 unspecified atom stereocenters. The van der Waals surface area contributed by atoms with Crippen LogP contribution >= 0.6 is 0 Å². The van der Waals surface area contributed by atoms with Crippen LogP contribution in [0.5, 0.6) is 0 Å². The average Bonchev–Trinajstić information content (AvgIpc) is 3.21. The fourth-order valence-corrected chi connectivity index (χ4v) is 7.24. The Morgan fingerprint density at radius 2 is 0.960 bits per heavy atom. The quantitative estimate of drug-likeness (QED) is 0.166. The first-order valence-corrected chi connectivity index (χ1v) is 17.2. The molecule has 2 heteroatoms. The molecule has 50 heavy (non-hydrogen) atoms. The lowest BCUT2D eigenvalue weighted by atomic mass is 9.88. The van der Waals surface area contributed by atoms with E-state index in [4.69, 9.17) is 9.98 Å². The van der Waals surface area contributed by atoms with Gasteiger partial charge in [0.25, 0.3) is 0 Å². The normalized spacial score (nSPS) is 14.2. The predicted molar refractivity (Wildman–Crippen MR) is 211 cm³/mol. The van der Waals surface area contributed by atoms with E-state index in [1.807, 2.05) is 0 Å². The van der Waals surface area contributed by atoms with Gasteiger partial charge in [-0.2, -0.15) is 0 Å². The van der Waals surface area contributed by atoms with Crippen LogP contribution in [0.15, 0.2) is 187 Å². The van der Waals surface area contributed by atoms with E-state index in [0.717, 1.165) is 40.1 Å². The summed E-state index contributed by atoms with van der Waals surface area (Å²) in [5, 5.41) is 5.02. The van der Waals surface area contributed by atoms with Gasteiger partial charge in [0.1, 0.15) is 0 Å². The number of allylic oxidation sites excluding steroid dienone is 1. The maximum atomic E-state index is 5.17. The summed E-state index contributed by atoms with van der Waals surface area (Å²) in [5.74, 6) is 0. The minimum atomic E-state index is 0.0110. The maximum Gasteiger partial charge on any atom is 0.0784 e. The van der Waals surface area contributed by atoms with Crippen LogP contribution in [-0.2, 0) is 0 Å². The first-order chi connectivity index (χ1) is 24.8. The van der Waals surface area contributed by atoms with Crippen LogP contribution in [0, 0.1) is 0 Å². The third kappa shape index (κ3) is 5.71. The van der Waals surface area contributed by atoms with Gasteiger partial charge in [-0.1, -0.05) is 146 Å². The first-order valence-electron chi connectivity index (χ1n) is 17.2. The Hall–Kier alpha value is -6.38. The molecule has 2 heterocycles. The van der Waals surface area contributed by atoms with Gasteiger partial charge < -0.3 is 0 Å². The lowest BCUT2D eigenvalue weighted by molar-refractivity contribution is 0.743. The van der Waals surface area contributed by atoms with Crippen molar-refractivity contribution in [3.8, 4) is 44.8 Å². The summed E-state index contributed by atoms with van der Waals surface area (Å²) in [4.78, 5) is 10.3. The third-order valence-electron chi connectivity index (χ3n) is 9.78. The molecule has 236 valence electrons. The van der Waals surface area contributed by atoms with Crippen molar-refractivity contribution < 1.29 is 0 Å². The standard InChI is InChI=1S/C48H34N2/c1-4-14-33(15-5-1)37-24-25-46(49-32-37)41-27-38(26-40(28-41)45-29-36-20-10-11-21-42(36)43-22-12-13-23-44(43)45)39-30-47(34-16-6-2-7-17-34)50-48(31-39)35-18-8-3-9-19-35/h1-24,26-32,46H,25H2. The molecule has 0 amide bonds. The van der Waals surface area contributed by atoms with E-state index < -0.39 is 0 Å². The molecular formula is C48H34N2. The highest BCUT2D eigenvalue weighted by molar-refractivity contribution is 6.14. The summed E-state index contributed by atoms with van der Waals surface area (Å²) in [6.45, 7) is 0. The molecule has 0 saturated heterocycles. The van der Waals surface area contributed by atoms with Gasteiger partial charge in [0.05, 0.1) is 17.4 Å². The van der Waals surface area contributed by atoms with Crippen LogP contribution in [0.2, 0.25) is 0 Å². The topological polar surface area (TPSA) is 25.2 Å².